The molecule has 0 spiro atoms. The number of benzene rings is 1. The van der Waals surface area contributed by atoms with E-state index in [4.69, 9.17) is 5.73 Å². The van der Waals surface area contributed by atoms with Crippen molar-refractivity contribution in [3.63, 3.8) is 0 Å². The molecule has 0 saturated carbocycles. The highest BCUT2D eigenvalue weighted by atomic mass is 19.1. The Morgan fingerprint density at radius 1 is 1.38 bits per heavy atom. The van der Waals surface area contributed by atoms with Crippen LogP contribution in [0.1, 0.15) is 22.8 Å². The maximum atomic E-state index is 13.0. The lowest BCUT2D eigenvalue weighted by atomic mass is 10.0. The van der Waals surface area contributed by atoms with Crippen molar-refractivity contribution in [1.29, 1.82) is 0 Å². The molecule has 0 heterocycles. The average Bonchev–Trinajstić information content (AvgIpc) is 2.10. The van der Waals surface area contributed by atoms with Crippen molar-refractivity contribution < 1.29 is 9.50 Å². The van der Waals surface area contributed by atoms with Gasteiger partial charge in [-0.05, 0) is 36.6 Å². The van der Waals surface area contributed by atoms with Gasteiger partial charge in [-0.1, -0.05) is 6.07 Å². The van der Waals surface area contributed by atoms with Crippen LogP contribution in [-0.2, 0) is 0 Å². The second kappa shape index (κ2) is 3.85. The molecular formula is C10H14FNO. The number of rotatable bonds is 2. The molecule has 1 atom stereocenters. The summed E-state index contributed by atoms with van der Waals surface area (Å²) in [6.07, 6.45) is -0.695. The molecule has 0 aliphatic heterocycles. The number of aryl methyl sites for hydroxylation is 2. The molecule has 13 heavy (non-hydrogen) atoms. The van der Waals surface area contributed by atoms with Crippen LogP contribution in [0.5, 0.6) is 0 Å². The van der Waals surface area contributed by atoms with Gasteiger partial charge in [-0.3, -0.25) is 0 Å². The van der Waals surface area contributed by atoms with E-state index in [0.717, 1.165) is 5.56 Å². The molecule has 0 aliphatic rings. The summed E-state index contributed by atoms with van der Waals surface area (Å²) < 4.78 is 13.0. The highest BCUT2D eigenvalue weighted by Gasteiger charge is 2.10. The second-order valence-corrected chi connectivity index (χ2v) is 3.21. The summed E-state index contributed by atoms with van der Waals surface area (Å²) in [5.74, 6) is -0.245. The molecule has 1 aromatic rings. The quantitative estimate of drug-likeness (QED) is 0.728. The first kappa shape index (κ1) is 10.2. The first-order valence-corrected chi connectivity index (χ1v) is 4.21. The summed E-state index contributed by atoms with van der Waals surface area (Å²) in [5.41, 5.74) is 7.30. The van der Waals surface area contributed by atoms with E-state index in [0.29, 0.717) is 11.1 Å². The molecule has 1 aromatic carbocycles. The molecule has 0 bridgehead atoms. The van der Waals surface area contributed by atoms with Crippen molar-refractivity contribution >= 4 is 0 Å². The lowest BCUT2D eigenvalue weighted by Crippen LogP contribution is -2.13. The van der Waals surface area contributed by atoms with Crippen LogP contribution < -0.4 is 5.73 Å². The Labute approximate surface area is 77.2 Å². The number of aliphatic hydroxyl groups excluding tert-OH is 1. The first-order chi connectivity index (χ1) is 6.06. The van der Waals surface area contributed by atoms with Crippen LogP contribution in [0, 0.1) is 19.7 Å². The molecule has 1 rings (SSSR count). The van der Waals surface area contributed by atoms with Crippen molar-refractivity contribution in [2.24, 2.45) is 5.73 Å². The monoisotopic (exact) mass is 183 g/mol. The number of hydrogen-bond donors (Lipinski definition) is 2. The topological polar surface area (TPSA) is 46.2 Å². The fraction of sp³-hybridized carbons (Fsp3) is 0.400. The first-order valence-electron chi connectivity index (χ1n) is 4.21. The Hall–Kier alpha value is -0.930. The van der Waals surface area contributed by atoms with Crippen molar-refractivity contribution in [2.45, 2.75) is 20.0 Å². The van der Waals surface area contributed by atoms with E-state index in [1.165, 1.54) is 6.07 Å². The summed E-state index contributed by atoms with van der Waals surface area (Å²) in [6.45, 7) is 3.59. The molecule has 0 amide bonds. The van der Waals surface area contributed by atoms with E-state index < -0.39 is 6.10 Å². The Balaban J connectivity index is 3.15. The van der Waals surface area contributed by atoms with Crippen LogP contribution in [-0.4, -0.2) is 11.7 Å². The second-order valence-electron chi connectivity index (χ2n) is 3.21. The number of halogens is 1. The predicted octanol–water partition coefficient (Wildman–Crippen LogP) is 1.43. The highest BCUT2D eigenvalue weighted by molar-refractivity contribution is 5.33. The summed E-state index contributed by atoms with van der Waals surface area (Å²) in [4.78, 5) is 0. The largest absolute Gasteiger partial charge is 0.387 e. The molecule has 0 saturated heterocycles. The van der Waals surface area contributed by atoms with Crippen LogP contribution in [0.2, 0.25) is 0 Å². The number of hydrogen-bond acceptors (Lipinski definition) is 2. The minimum atomic E-state index is -0.695. The predicted molar refractivity (Wildman–Crippen MR) is 49.9 cm³/mol. The summed E-state index contributed by atoms with van der Waals surface area (Å²) in [5, 5.41) is 9.48. The van der Waals surface area contributed by atoms with Crippen LogP contribution in [0.3, 0.4) is 0 Å². The highest BCUT2D eigenvalue weighted by Crippen LogP contribution is 2.20. The van der Waals surface area contributed by atoms with E-state index in [1.807, 2.05) is 0 Å². The third kappa shape index (κ3) is 2.05. The molecule has 0 fully saturated rings. The van der Waals surface area contributed by atoms with Gasteiger partial charge in [0, 0.05) is 6.54 Å². The van der Waals surface area contributed by atoms with E-state index in [9.17, 15) is 9.50 Å². The molecule has 0 aromatic heterocycles. The van der Waals surface area contributed by atoms with Crippen molar-refractivity contribution in [3.8, 4) is 0 Å². The van der Waals surface area contributed by atoms with E-state index >= 15 is 0 Å². The van der Waals surface area contributed by atoms with E-state index in [1.54, 1.807) is 19.9 Å². The van der Waals surface area contributed by atoms with Crippen molar-refractivity contribution in [2.75, 3.05) is 6.54 Å². The standard InChI is InChI=1S/C10H14FNO/c1-6-4-9(11)7(2)3-8(6)10(13)5-12/h3-4,10,13H,5,12H2,1-2H3. The van der Waals surface area contributed by atoms with Gasteiger partial charge in [-0.15, -0.1) is 0 Å². The van der Waals surface area contributed by atoms with Gasteiger partial charge in [0.05, 0.1) is 6.10 Å². The van der Waals surface area contributed by atoms with E-state index in [2.05, 4.69) is 0 Å². The minimum Gasteiger partial charge on any atom is -0.387 e. The van der Waals surface area contributed by atoms with Gasteiger partial charge in [0.1, 0.15) is 5.82 Å². The zero-order chi connectivity index (χ0) is 10.0. The zero-order valence-electron chi connectivity index (χ0n) is 7.84. The lowest BCUT2D eigenvalue weighted by molar-refractivity contribution is 0.186. The van der Waals surface area contributed by atoms with Gasteiger partial charge in [-0.2, -0.15) is 0 Å². The summed E-state index contributed by atoms with van der Waals surface area (Å²) in [6, 6.07) is 3.06. The van der Waals surface area contributed by atoms with Crippen LogP contribution in [0.15, 0.2) is 12.1 Å². The Morgan fingerprint density at radius 2 is 2.00 bits per heavy atom. The van der Waals surface area contributed by atoms with Crippen LogP contribution in [0.4, 0.5) is 4.39 Å². The smallest absolute Gasteiger partial charge is 0.126 e. The molecule has 72 valence electrons. The normalized spacial score (nSPS) is 13.0. The fourth-order valence-corrected chi connectivity index (χ4v) is 1.29. The molecule has 0 aliphatic carbocycles. The van der Waals surface area contributed by atoms with Crippen molar-refractivity contribution in [3.05, 3.63) is 34.6 Å². The molecule has 0 radical (unpaired) electrons. The molecule has 3 N–H and O–H groups in total. The summed E-state index contributed by atoms with van der Waals surface area (Å²) in [7, 11) is 0. The van der Waals surface area contributed by atoms with E-state index in [-0.39, 0.29) is 12.4 Å². The summed E-state index contributed by atoms with van der Waals surface area (Å²) >= 11 is 0. The Bertz CT molecular complexity index is 312. The molecule has 2 nitrogen and oxygen atoms in total. The van der Waals surface area contributed by atoms with Gasteiger partial charge in [0.15, 0.2) is 0 Å². The van der Waals surface area contributed by atoms with Gasteiger partial charge in [-0.25, -0.2) is 4.39 Å². The van der Waals surface area contributed by atoms with Crippen LogP contribution in [0.25, 0.3) is 0 Å². The minimum absolute atomic E-state index is 0.159. The van der Waals surface area contributed by atoms with Gasteiger partial charge >= 0.3 is 0 Å². The average molecular weight is 183 g/mol. The molecular weight excluding hydrogens is 169 g/mol. The van der Waals surface area contributed by atoms with Crippen LogP contribution >= 0.6 is 0 Å². The van der Waals surface area contributed by atoms with Gasteiger partial charge < -0.3 is 10.8 Å². The Morgan fingerprint density at radius 3 is 2.54 bits per heavy atom. The van der Waals surface area contributed by atoms with Gasteiger partial charge in [0.25, 0.3) is 0 Å². The maximum absolute atomic E-state index is 13.0. The van der Waals surface area contributed by atoms with Crippen molar-refractivity contribution in [1.82, 2.24) is 0 Å². The van der Waals surface area contributed by atoms with Gasteiger partial charge in [0.2, 0.25) is 0 Å². The third-order valence-electron chi connectivity index (χ3n) is 2.13. The maximum Gasteiger partial charge on any atom is 0.126 e. The Kier molecular flexibility index (Phi) is 3.01. The lowest BCUT2D eigenvalue weighted by Gasteiger charge is -2.12. The SMILES string of the molecule is Cc1cc(C(O)CN)c(C)cc1F. The molecule has 1 unspecified atom stereocenters. The third-order valence-corrected chi connectivity index (χ3v) is 2.13. The molecule has 3 heteroatoms. The number of nitrogens with two attached hydrogens (primary N) is 1. The fourth-order valence-electron chi connectivity index (χ4n) is 1.29. The number of aliphatic hydroxyl groups is 1. The zero-order valence-corrected chi connectivity index (χ0v) is 7.84.